The second kappa shape index (κ2) is 9.95. The monoisotopic (exact) mass is 524 g/mol. The van der Waals surface area contributed by atoms with Crippen molar-refractivity contribution in [1.82, 2.24) is 14.8 Å². The Morgan fingerprint density at radius 2 is 1.49 bits per heavy atom. The van der Waals surface area contributed by atoms with Crippen LogP contribution in [0.5, 0.6) is 11.5 Å². The van der Waals surface area contributed by atoms with Crippen LogP contribution in [0.1, 0.15) is 16.2 Å². The predicted molar refractivity (Wildman–Crippen MR) is 140 cm³/mol. The van der Waals surface area contributed by atoms with Gasteiger partial charge in [-0.3, -0.25) is 4.79 Å². The van der Waals surface area contributed by atoms with E-state index in [1.807, 2.05) is 85.8 Å². The molecule has 6 nitrogen and oxygen atoms in total. The standard InChI is InChI=1S/C28H21BrN4O2/c1-19-7-5-6-10-25(19)33-27(20-11-13-21(29)14-12-20)31-26(32-33)28(34)30-22-15-17-24(18-16-22)35-23-8-3-2-4-9-23/h2-18H,1H3,(H,30,34). The van der Waals surface area contributed by atoms with Gasteiger partial charge >= 0.3 is 0 Å². The molecule has 1 aromatic heterocycles. The minimum atomic E-state index is -0.396. The second-order valence-electron chi connectivity index (χ2n) is 7.86. The van der Waals surface area contributed by atoms with Gasteiger partial charge in [-0.25, -0.2) is 9.67 Å². The largest absolute Gasteiger partial charge is 0.457 e. The Balaban J connectivity index is 1.41. The lowest BCUT2D eigenvalue weighted by Gasteiger charge is -2.08. The van der Waals surface area contributed by atoms with Crippen molar-refractivity contribution >= 4 is 27.5 Å². The molecule has 0 aliphatic rings. The fourth-order valence-electron chi connectivity index (χ4n) is 3.58. The van der Waals surface area contributed by atoms with Crippen molar-refractivity contribution in [2.45, 2.75) is 6.92 Å². The van der Waals surface area contributed by atoms with Crippen molar-refractivity contribution in [2.24, 2.45) is 0 Å². The molecule has 0 fully saturated rings. The molecule has 0 atom stereocenters. The first kappa shape index (κ1) is 22.6. The summed E-state index contributed by atoms with van der Waals surface area (Å²) in [6.45, 7) is 2.00. The molecule has 0 aliphatic heterocycles. The molecule has 4 aromatic carbocycles. The predicted octanol–water partition coefficient (Wildman–Crippen LogP) is 7.05. The molecule has 1 N–H and O–H groups in total. The second-order valence-corrected chi connectivity index (χ2v) is 8.77. The van der Waals surface area contributed by atoms with Gasteiger partial charge in [0, 0.05) is 15.7 Å². The topological polar surface area (TPSA) is 69.0 Å². The van der Waals surface area contributed by atoms with E-state index < -0.39 is 5.91 Å². The number of ether oxygens (including phenoxy) is 1. The highest BCUT2D eigenvalue weighted by Gasteiger charge is 2.20. The van der Waals surface area contributed by atoms with Gasteiger partial charge in [0.05, 0.1) is 5.69 Å². The molecule has 1 amide bonds. The van der Waals surface area contributed by atoms with Crippen LogP contribution in [-0.2, 0) is 0 Å². The molecular formula is C28H21BrN4O2. The van der Waals surface area contributed by atoms with E-state index in [1.54, 1.807) is 28.9 Å². The summed E-state index contributed by atoms with van der Waals surface area (Å²) < 4.78 is 8.49. The average molecular weight is 525 g/mol. The molecule has 1 heterocycles. The summed E-state index contributed by atoms with van der Waals surface area (Å²) in [6.07, 6.45) is 0. The zero-order chi connectivity index (χ0) is 24.2. The van der Waals surface area contributed by atoms with Crippen LogP contribution in [0, 0.1) is 6.92 Å². The van der Waals surface area contributed by atoms with E-state index in [2.05, 4.69) is 31.3 Å². The lowest BCUT2D eigenvalue weighted by Crippen LogP contribution is -2.14. The van der Waals surface area contributed by atoms with Crippen LogP contribution in [0.15, 0.2) is 108 Å². The SMILES string of the molecule is Cc1ccccc1-n1nc(C(=O)Nc2ccc(Oc3ccccc3)cc2)nc1-c1ccc(Br)cc1. The highest BCUT2D eigenvalue weighted by Crippen LogP contribution is 2.26. The lowest BCUT2D eigenvalue weighted by atomic mass is 10.2. The van der Waals surface area contributed by atoms with Gasteiger partial charge in [-0.05, 0) is 67.1 Å². The number of nitrogens with zero attached hydrogens (tertiary/aromatic N) is 3. The van der Waals surface area contributed by atoms with Gasteiger partial charge in [-0.15, -0.1) is 5.10 Å². The minimum Gasteiger partial charge on any atom is -0.457 e. The van der Waals surface area contributed by atoms with E-state index in [9.17, 15) is 4.79 Å². The van der Waals surface area contributed by atoms with Crippen LogP contribution in [0.3, 0.4) is 0 Å². The molecular weight excluding hydrogens is 504 g/mol. The molecule has 0 saturated carbocycles. The average Bonchev–Trinajstić information content (AvgIpc) is 3.32. The Labute approximate surface area is 211 Å². The number of hydrogen-bond donors (Lipinski definition) is 1. The molecule has 0 unspecified atom stereocenters. The Bertz CT molecular complexity index is 1460. The number of amides is 1. The van der Waals surface area contributed by atoms with E-state index >= 15 is 0 Å². The molecule has 5 rings (SSSR count). The number of halogens is 1. The molecule has 5 aromatic rings. The molecule has 0 aliphatic carbocycles. The minimum absolute atomic E-state index is 0.0794. The van der Waals surface area contributed by atoms with Crippen molar-refractivity contribution in [3.8, 4) is 28.6 Å². The first-order valence-corrected chi connectivity index (χ1v) is 11.8. The van der Waals surface area contributed by atoms with Crippen LogP contribution in [-0.4, -0.2) is 20.7 Å². The summed E-state index contributed by atoms with van der Waals surface area (Å²) in [6, 6.07) is 32.3. The summed E-state index contributed by atoms with van der Waals surface area (Å²) in [5, 5.41) is 7.44. The Morgan fingerprint density at radius 1 is 0.829 bits per heavy atom. The summed E-state index contributed by atoms with van der Waals surface area (Å²) in [5.41, 5.74) is 3.36. The Morgan fingerprint density at radius 3 is 2.20 bits per heavy atom. The maximum atomic E-state index is 13.1. The summed E-state index contributed by atoms with van der Waals surface area (Å²) >= 11 is 3.47. The smallest absolute Gasteiger partial charge is 0.295 e. The van der Waals surface area contributed by atoms with Gasteiger partial charge in [0.15, 0.2) is 5.82 Å². The summed E-state index contributed by atoms with van der Waals surface area (Å²) in [4.78, 5) is 17.7. The summed E-state index contributed by atoms with van der Waals surface area (Å²) in [5.74, 6) is 1.69. The van der Waals surface area contributed by atoms with Gasteiger partial charge in [0.2, 0.25) is 5.82 Å². The third kappa shape index (κ3) is 5.15. The quantitative estimate of drug-likeness (QED) is 0.258. The fourth-order valence-corrected chi connectivity index (χ4v) is 3.85. The number of hydrogen-bond acceptors (Lipinski definition) is 4. The van der Waals surface area contributed by atoms with Crippen molar-refractivity contribution in [2.75, 3.05) is 5.32 Å². The third-order valence-electron chi connectivity index (χ3n) is 5.35. The van der Waals surface area contributed by atoms with Crippen molar-refractivity contribution < 1.29 is 9.53 Å². The van der Waals surface area contributed by atoms with Gasteiger partial charge in [-0.2, -0.15) is 0 Å². The van der Waals surface area contributed by atoms with E-state index in [0.717, 1.165) is 27.0 Å². The molecule has 35 heavy (non-hydrogen) atoms. The number of rotatable bonds is 6. The first-order valence-electron chi connectivity index (χ1n) is 11.0. The number of aryl methyl sites for hydroxylation is 1. The van der Waals surface area contributed by atoms with E-state index in [-0.39, 0.29) is 5.82 Å². The Kier molecular flexibility index (Phi) is 6.41. The van der Waals surface area contributed by atoms with Crippen LogP contribution in [0.2, 0.25) is 0 Å². The van der Waals surface area contributed by atoms with Crippen molar-refractivity contribution in [3.63, 3.8) is 0 Å². The van der Waals surface area contributed by atoms with Crippen LogP contribution in [0.25, 0.3) is 17.1 Å². The van der Waals surface area contributed by atoms with Gasteiger partial charge in [-0.1, -0.05) is 64.5 Å². The van der Waals surface area contributed by atoms with Gasteiger partial charge in [0.25, 0.3) is 5.91 Å². The van der Waals surface area contributed by atoms with E-state index in [0.29, 0.717) is 17.3 Å². The number of benzene rings is 4. The number of carbonyl (C=O) groups is 1. The fraction of sp³-hybridized carbons (Fsp3) is 0.0357. The van der Waals surface area contributed by atoms with Gasteiger partial charge in [0.1, 0.15) is 11.5 Å². The number of para-hydroxylation sites is 2. The number of aromatic nitrogens is 3. The third-order valence-corrected chi connectivity index (χ3v) is 5.88. The number of carbonyl (C=O) groups excluding carboxylic acids is 1. The van der Waals surface area contributed by atoms with Crippen molar-refractivity contribution in [1.29, 1.82) is 0 Å². The van der Waals surface area contributed by atoms with Crippen molar-refractivity contribution in [3.05, 3.63) is 119 Å². The molecule has 0 radical (unpaired) electrons. The van der Waals surface area contributed by atoms with Gasteiger partial charge < -0.3 is 10.1 Å². The molecule has 172 valence electrons. The number of anilines is 1. The molecule has 7 heteroatoms. The maximum Gasteiger partial charge on any atom is 0.295 e. The highest BCUT2D eigenvalue weighted by molar-refractivity contribution is 9.10. The molecule has 0 spiro atoms. The summed E-state index contributed by atoms with van der Waals surface area (Å²) in [7, 11) is 0. The Hall–Kier alpha value is -4.23. The van der Waals surface area contributed by atoms with Crippen LogP contribution >= 0.6 is 15.9 Å². The van der Waals surface area contributed by atoms with Crippen LogP contribution in [0.4, 0.5) is 5.69 Å². The maximum absolute atomic E-state index is 13.1. The molecule has 0 saturated heterocycles. The zero-order valence-corrected chi connectivity index (χ0v) is 20.4. The zero-order valence-electron chi connectivity index (χ0n) is 18.9. The number of nitrogens with one attached hydrogen (secondary N) is 1. The first-order chi connectivity index (χ1) is 17.1. The normalized spacial score (nSPS) is 10.7. The van der Waals surface area contributed by atoms with E-state index in [1.165, 1.54) is 0 Å². The lowest BCUT2D eigenvalue weighted by molar-refractivity contribution is 0.101. The highest BCUT2D eigenvalue weighted by atomic mass is 79.9. The van der Waals surface area contributed by atoms with Crippen LogP contribution < -0.4 is 10.1 Å². The van der Waals surface area contributed by atoms with E-state index in [4.69, 9.17) is 4.74 Å². The molecule has 0 bridgehead atoms.